The number of rotatable bonds is 1. The number of nitrogens with zero attached hydrogens (tertiary/aromatic N) is 2. The number of carbonyl (C=O) groups is 1. The molecule has 1 aliphatic rings. The Bertz CT molecular complexity index is 752. The molecule has 0 fully saturated rings. The molecule has 116 valence electrons. The number of carbonyl (C=O) groups excluding carboxylic acids is 1. The van der Waals surface area contributed by atoms with Crippen LogP contribution in [0.15, 0.2) is 18.2 Å². The van der Waals surface area contributed by atoms with Gasteiger partial charge in [-0.3, -0.25) is 4.79 Å². The molecule has 0 unspecified atom stereocenters. The first-order valence-electron chi connectivity index (χ1n) is 7.11. The third kappa shape index (κ3) is 2.54. The maximum Gasteiger partial charge on any atom is 0.224 e. The Morgan fingerprint density at radius 2 is 2.18 bits per heavy atom. The summed E-state index contributed by atoms with van der Waals surface area (Å²) in [5, 5.41) is 0.547. The first-order valence-corrected chi connectivity index (χ1v) is 7.93. The minimum atomic E-state index is -0.402. The lowest BCUT2D eigenvalue weighted by molar-refractivity contribution is -0.117. The van der Waals surface area contributed by atoms with Gasteiger partial charge in [0.05, 0.1) is 17.9 Å². The monoisotopic (exact) mass is 317 g/mol. The number of fused-ring (bicyclic) bond motifs is 1. The number of aryl methyl sites for hydroxylation is 1. The van der Waals surface area contributed by atoms with Gasteiger partial charge in [0, 0.05) is 17.4 Å². The van der Waals surface area contributed by atoms with Crippen molar-refractivity contribution in [2.75, 3.05) is 17.2 Å². The van der Waals surface area contributed by atoms with Crippen LogP contribution in [0.2, 0.25) is 0 Å². The molecule has 3 rings (SSSR count). The Hall–Kier alpha value is -2.08. The van der Waals surface area contributed by atoms with E-state index in [1.165, 1.54) is 11.3 Å². The zero-order valence-corrected chi connectivity index (χ0v) is 14.0. The Balaban J connectivity index is 2.11. The van der Waals surface area contributed by atoms with Gasteiger partial charge in [-0.15, -0.1) is 11.3 Å². The Kier molecular flexibility index (Phi) is 3.36. The van der Waals surface area contributed by atoms with Gasteiger partial charge in [0.2, 0.25) is 5.91 Å². The van der Waals surface area contributed by atoms with E-state index in [1.807, 2.05) is 39.0 Å². The number of anilines is 2. The lowest BCUT2D eigenvalue weighted by atomic mass is 10.0. The van der Waals surface area contributed by atoms with Crippen molar-refractivity contribution in [3.8, 4) is 17.0 Å². The molecule has 0 saturated heterocycles. The number of nitrogen functional groups attached to an aromatic ring is 1. The van der Waals surface area contributed by atoms with E-state index in [2.05, 4.69) is 4.98 Å². The highest BCUT2D eigenvalue weighted by atomic mass is 32.1. The zero-order valence-electron chi connectivity index (χ0n) is 13.1. The average Bonchev–Trinajstić information content (AvgIpc) is 2.75. The van der Waals surface area contributed by atoms with Gasteiger partial charge in [0.1, 0.15) is 11.4 Å². The van der Waals surface area contributed by atoms with Gasteiger partial charge in [0.25, 0.3) is 0 Å². The highest BCUT2D eigenvalue weighted by Crippen LogP contribution is 2.40. The molecule has 0 aliphatic carbocycles. The minimum absolute atomic E-state index is 0.00397. The predicted molar refractivity (Wildman–Crippen MR) is 89.4 cm³/mol. The summed E-state index contributed by atoms with van der Waals surface area (Å²) in [4.78, 5) is 19.2. The van der Waals surface area contributed by atoms with Crippen molar-refractivity contribution in [1.29, 1.82) is 0 Å². The largest absolute Gasteiger partial charge is 0.484 e. The van der Waals surface area contributed by atoms with Crippen LogP contribution in [0.5, 0.6) is 5.75 Å². The van der Waals surface area contributed by atoms with Crippen LogP contribution in [-0.4, -0.2) is 23.0 Å². The van der Waals surface area contributed by atoms with E-state index in [1.54, 1.807) is 11.8 Å². The summed E-state index contributed by atoms with van der Waals surface area (Å²) in [7, 11) is 0. The van der Waals surface area contributed by atoms with Gasteiger partial charge < -0.3 is 15.4 Å². The van der Waals surface area contributed by atoms with E-state index < -0.39 is 5.60 Å². The number of hydrogen-bond donors (Lipinski definition) is 1. The third-order valence-electron chi connectivity index (χ3n) is 3.64. The molecule has 5 nitrogen and oxygen atoms in total. The lowest BCUT2D eigenvalue weighted by Gasteiger charge is -2.39. The van der Waals surface area contributed by atoms with E-state index in [0.29, 0.717) is 11.7 Å². The van der Waals surface area contributed by atoms with Gasteiger partial charge >= 0.3 is 0 Å². The van der Waals surface area contributed by atoms with Crippen molar-refractivity contribution in [2.45, 2.75) is 33.3 Å². The zero-order chi connectivity index (χ0) is 16.1. The maximum absolute atomic E-state index is 12.0. The second-order valence-corrected chi connectivity index (χ2v) is 7.34. The molecular weight excluding hydrogens is 298 g/mol. The van der Waals surface area contributed by atoms with Crippen LogP contribution < -0.4 is 15.4 Å². The van der Waals surface area contributed by atoms with Crippen molar-refractivity contribution >= 4 is 28.1 Å². The number of benzene rings is 1. The number of ether oxygens (including phenoxy) is 1. The standard InChI is InChI=1S/C16H19N3O2S/c1-9-14(18-15(17)22-9)11-5-6-13-12(7-11)19(10(2)20)8-16(3,4)21-13/h5-7H,8H2,1-4H3,(H2,17,18). The molecule has 0 saturated carbocycles. The van der Waals surface area contributed by atoms with Crippen LogP contribution in [0.25, 0.3) is 11.3 Å². The number of hydrogen-bond acceptors (Lipinski definition) is 5. The van der Waals surface area contributed by atoms with Crippen LogP contribution in [0.3, 0.4) is 0 Å². The highest BCUT2D eigenvalue weighted by Gasteiger charge is 2.33. The maximum atomic E-state index is 12.0. The van der Waals surface area contributed by atoms with Crippen LogP contribution in [0.4, 0.5) is 10.8 Å². The second kappa shape index (κ2) is 4.98. The van der Waals surface area contributed by atoms with Crippen LogP contribution in [-0.2, 0) is 4.79 Å². The van der Waals surface area contributed by atoms with Gasteiger partial charge in [-0.2, -0.15) is 0 Å². The van der Waals surface area contributed by atoms with E-state index in [9.17, 15) is 4.79 Å². The molecule has 1 amide bonds. The number of aromatic nitrogens is 1. The van der Waals surface area contributed by atoms with E-state index in [-0.39, 0.29) is 5.91 Å². The molecule has 0 radical (unpaired) electrons. The summed E-state index contributed by atoms with van der Waals surface area (Å²) in [6.07, 6.45) is 0. The van der Waals surface area contributed by atoms with Crippen LogP contribution in [0.1, 0.15) is 25.6 Å². The minimum Gasteiger partial charge on any atom is -0.484 e. The highest BCUT2D eigenvalue weighted by molar-refractivity contribution is 7.15. The van der Waals surface area contributed by atoms with E-state index >= 15 is 0 Å². The van der Waals surface area contributed by atoms with Gasteiger partial charge in [-0.05, 0) is 39.0 Å². The molecule has 1 aromatic carbocycles. The molecule has 22 heavy (non-hydrogen) atoms. The Morgan fingerprint density at radius 1 is 1.45 bits per heavy atom. The first-order chi connectivity index (χ1) is 10.3. The smallest absolute Gasteiger partial charge is 0.224 e. The molecule has 1 aliphatic heterocycles. The Morgan fingerprint density at radius 3 is 2.77 bits per heavy atom. The van der Waals surface area contributed by atoms with E-state index in [0.717, 1.165) is 27.6 Å². The van der Waals surface area contributed by atoms with Crippen molar-refractivity contribution in [3.63, 3.8) is 0 Å². The van der Waals surface area contributed by atoms with Crippen LogP contribution >= 0.6 is 11.3 Å². The topological polar surface area (TPSA) is 68.5 Å². The number of amides is 1. The lowest BCUT2D eigenvalue weighted by Crippen LogP contribution is -2.48. The van der Waals surface area contributed by atoms with Gasteiger partial charge in [0.15, 0.2) is 5.13 Å². The summed E-state index contributed by atoms with van der Waals surface area (Å²) >= 11 is 1.46. The van der Waals surface area contributed by atoms with Gasteiger partial charge in [-0.1, -0.05) is 0 Å². The van der Waals surface area contributed by atoms with Crippen molar-refractivity contribution < 1.29 is 9.53 Å². The predicted octanol–water partition coefficient (Wildman–Crippen LogP) is 3.22. The summed E-state index contributed by atoms with van der Waals surface area (Å²) in [5.74, 6) is 0.723. The Labute approximate surface area is 133 Å². The number of thiazole rings is 1. The summed E-state index contributed by atoms with van der Waals surface area (Å²) < 4.78 is 5.99. The third-order valence-corrected chi connectivity index (χ3v) is 4.44. The first kappa shape index (κ1) is 14.8. The van der Waals surface area contributed by atoms with E-state index in [4.69, 9.17) is 10.5 Å². The number of nitrogens with two attached hydrogens (primary N) is 1. The average molecular weight is 317 g/mol. The fourth-order valence-corrected chi connectivity index (χ4v) is 3.43. The molecule has 0 spiro atoms. The quantitative estimate of drug-likeness (QED) is 0.877. The normalized spacial score (nSPS) is 16.1. The molecule has 0 bridgehead atoms. The van der Waals surface area contributed by atoms with Crippen molar-refractivity contribution in [2.24, 2.45) is 0 Å². The molecule has 2 aromatic rings. The molecule has 0 atom stereocenters. The molecule has 2 N–H and O–H groups in total. The fraction of sp³-hybridized carbons (Fsp3) is 0.375. The SMILES string of the molecule is CC(=O)N1CC(C)(C)Oc2ccc(-c3nc(N)sc3C)cc21. The fourth-order valence-electron chi connectivity index (χ4n) is 2.72. The molecular formula is C16H19N3O2S. The molecule has 6 heteroatoms. The van der Waals surface area contributed by atoms with Crippen molar-refractivity contribution in [3.05, 3.63) is 23.1 Å². The van der Waals surface area contributed by atoms with Gasteiger partial charge in [-0.25, -0.2) is 4.98 Å². The van der Waals surface area contributed by atoms with Crippen molar-refractivity contribution in [1.82, 2.24) is 4.98 Å². The molecule has 1 aromatic heterocycles. The second-order valence-electron chi connectivity index (χ2n) is 6.11. The van der Waals surface area contributed by atoms with Crippen LogP contribution in [0, 0.1) is 6.92 Å². The summed E-state index contributed by atoms with van der Waals surface area (Å²) in [5.41, 5.74) is 7.97. The molecule has 2 heterocycles. The summed E-state index contributed by atoms with van der Waals surface area (Å²) in [6, 6.07) is 5.81. The summed E-state index contributed by atoms with van der Waals surface area (Å²) in [6.45, 7) is 8.04.